The van der Waals surface area contributed by atoms with Crippen LogP contribution < -0.4 is 5.32 Å². The summed E-state index contributed by atoms with van der Waals surface area (Å²) in [5.41, 5.74) is 3.10. The van der Waals surface area contributed by atoms with Crippen LogP contribution in [0.2, 0.25) is 0 Å². The van der Waals surface area contributed by atoms with Gasteiger partial charge in [-0.25, -0.2) is 0 Å². The van der Waals surface area contributed by atoms with E-state index in [0.29, 0.717) is 5.92 Å². The zero-order valence-corrected chi connectivity index (χ0v) is 13.6. The first-order valence-electron chi connectivity index (χ1n) is 8.37. The molecule has 3 heteroatoms. The summed E-state index contributed by atoms with van der Waals surface area (Å²) in [6.45, 7) is 8.44. The predicted octanol–water partition coefficient (Wildman–Crippen LogP) is 2.86. The molecule has 0 radical (unpaired) electrons. The highest BCUT2D eigenvalue weighted by Crippen LogP contribution is 2.31. The van der Waals surface area contributed by atoms with Gasteiger partial charge in [-0.3, -0.25) is 4.79 Å². The van der Waals surface area contributed by atoms with Gasteiger partial charge in [-0.15, -0.1) is 0 Å². The molecular formula is C19H26N2O. The van der Waals surface area contributed by atoms with Crippen LogP contribution in [0.5, 0.6) is 0 Å². The predicted molar refractivity (Wildman–Crippen MR) is 90.5 cm³/mol. The highest BCUT2D eigenvalue weighted by atomic mass is 16.1. The zero-order chi connectivity index (χ0) is 15.5. The summed E-state index contributed by atoms with van der Waals surface area (Å²) in [4.78, 5) is 14.8. The molecule has 3 aliphatic rings. The van der Waals surface area contributed by atoms with E-state index in [1.54, 1.807) is 0 Å². The van der Waals surface area contributed by atoms with Gasteiger partial charge in [-0.1, -0.05) is 29.8 Å². The highest BCUT2D eigenvalue weighted by Gasteiger charge is 2.33. The molecule has 118 valence electrons. The third kappa shape index (κ3) is 3.58. The number of aryl methyl sites for hydroxylation is 1. The third-order valence-electron chi connectivity index (χ3n) is 5.14. The molecular weight excluding hydrogens is 272 g/mol. The van der Waals surface area contributed by atoms with Crippen LogP contribution in [0.1, 0.15) is 30.9 Å². The fraction of sp³-hybridized carbons (Fsp3) is 0.526. The fourth-order valence-electron chi connectivity index (χ4n) is 3.66. The SMILES string of the molecule is CC(=Cc1ccc(C)cc1)C(=O)NCC1CN2CCC1CC2. The minimum absolute atomic E-state index is 0.0667. The maximum atomic E-state index is 12.3. The first-order chi connectivity index (χ1) is 10.6. The van der Waals surface area contributed by atoms with Crippen LogP contribution in [0.3, 0.4) is 0 Å². The maximum absolute atomic E-state index is 12.3. The molecule has 4 rings (SSSR count). The molecule has 1 aromatic rings. The van der Waals surface area contributed by atoms with Gasteiger partial charge in [0, 0.05) is 18.7 Å². The second-order valence-corrected chi connectivity index (χ2v) is 6.85. The molecule has 3 nitrogen and oxygen atoms in total. The van der Waals surface area contributed by atoms with Crippen LogP contribution in [0, 0.1) is 18.8 Å². The molecule has 3 heterocycles. The van der Waals surface area contributed by atoms with Gasteiger partial charge >= 0.3 is 0 Å². The monoisotopic (exact) mass is 298 g/mol. The summed E-state index contributed by atoms with van der Waals surface area (Å²) in [6, 6.07) is 8.26. The standard InChI is InChI=1S/C19H26N2O/c1-14-3-5-16(6-4-14)11-15(2)19(22)20-12-18-13-21-9-7-17(18)8-10-21/h3-6,11,17-18H,7-10,12-13H2,1-2H3,(H,20,22). The molecule has 1 aromatic carbocycles. The van der Waals surface area contributed by atoms with Crippen molar-refractivity contribution in [1.29, 1.82) is 0 Å². The molecule has 0 aliphatic carbocycles. The number of rotatable bonds is 4. The van der Waals surface area contributed by atoms with Crippen LogP contribution >= 0.6 is 0 Å². The summed E-state index contributed by atoms with van der Waals surface area (Å²) in [6.07, 6.45) is 4.57. The number of amides is 1. The van der Waals surface area contributed by atoms with Gasteiger partial charge in [0.2, 0.25) is 5.91 Å². The first-order valence-corrected chi connectivity index (χ1v) is 8.37. The average molecular weight is 298 g/mol. The van der Waals surface area contributed by atoms with E-state index < -0.39 is 0 Å². The molecule has 1 N–H and O–H groups in total. The number of piperidine rings is 3. The Hall–Kier alpha value is -1.61. The lowest BCUT2D eigenvalue weighted by Gasteiger charge is -2.44. The van der Waals surface area contributed by atoms with Crippen molar-refractivity contribution in [3.8, 4) is 0 Å². The number of carbonyl (C=O) groups is 1. The summed E-state index contributed by atoms with van der Waals surface area (Å²) in [5, 5.41) is 3.13. The fourth-order valence-corrected chi connectivity index (χ4v) is 3.66. The van der Waals surface area contributed by atoms with Gasteiger partial charge < -0.3 is 10.2 Å². The van der Waals surface area contributed by atoms with Crippen molar-refractivity contribution in [3.05, 3.63) is 41.0 Å². The van der Waals surface area contributed by atoms with E-state index in [-0.39, 0.29) is 5.91 Å². The van der Waals surface area contributed by atoms with Gasteiger partial charge in [-0.05, 0) is 63.3 Å². The number of nitrogens with one attached hydrogen (secondary N) is 1. The average Bonchev–Trinajstić information content (AvgIpc) is 2.56. The van der Waals surface area contributed by atoms with E-state index in [9.17, 15) is 4.79 Å². The highest BCUT2D eigenvalue weighted by molar-refractivity contribution is 5.97. The lowest BCUT2D eigenvalue weighted by Crippen LogP contribution is -2.50. The largest absolute Gasteiger partial charge is 0.352 e. The molecule has 1 amide bonds. The van der Waals surface area contributed by atoms with Crippen molar-refractivity contribution >= 4 is 12.0 Å². The number of hydrogen-bond donors (Lipinski definition) is 1. The molecule has 1 atom stereocenters. The number of benzene rings is 1. The Morgan fingerprint density at radius 3 is 2.55 bits per heavy atom. The Morgan fingerprint density at radius 1 is 1.27 bits per heavy atom. The lowest BCUT2D eigenvalue weighted by molar-refractivity contribution is -0.117. The number of carbonyl (C=O) groups excluding carboxylic acids is 1. The van der Waals surface area contributed by atoms with Gasteiger partial charge in [0.1, 0.15) is 0 Å². The molecule has 22 heavy (non-hydrogen) atoms. The lowest BCUT2D eigenvalue weighted by atomic mass is 9.79. The summed E-state index contributed by atoms with van der Waals surface area (Å²) >= 11 is 0. The Balaban J connectivity index is 1.54. The van der Waals surface area contributed by atoms with Crippen LogP contribution in [0.15, 0.2) is 29.8 Å². The number of fused-ring (bicyclic) bond motifs is 3. The van der Waals surface area contributed by atoms with Crippen molar-refractivity contribution in [3.63, 3.8) is 0 Å². The quantitative estimate of drug-likeness (QED) is 0.867. The zero-order valence-electron chi connectivity index (χ0n) is 13.6. The van der Waals surface area contributed by atoms with E-state index in [4.69, 9.17) is 0 Å². The third-order valence-corrected chi connectivity index (χ3v) is 5.14. The summed E-state index contributed by atoms with van der Waals surface area (Å²) < 4.78 is 0. The Labute approximate surface area is 133 Å². The maximum Gasteiger partial charge on any atom is 0.246 e. The Bertz CT molecular complexity index is 553. The molecule has 3 fully saturated rings. The van der Waals surface area contributed by atoms with Crippen LogP contribution in [-0.2, 0) is 4.79 Å². The minimum Gasteiger partial charge on any atom is -0.352 e. The summed E-state index contributed by atoms with van der Waals surface area (Å²) in [5.74, 6) is 1.52. The van der Waals surface area contributed by atoms with Crippen molar-refractivity contribution in [2.24, 2.45) is 11.8 Å². The van der Waals surface area contributed by atoms with Crippen LogP contribution in [0.4, 0.5) is 0 Å². The van der Waals surface area contributed by atoms with Gasteiger partial charge in [0.15, 0.2) is 0 Å². The van der Waals surface area contributed by atoms with Crippen molar-refractivity contribution in [2.45, 2.75) is 26.7 Å². The van der Waals surface area contributed by atoms with Crippen molar-refractivity contribution < 1.29 is 4.79 Å². The molecule has 0 spiro atoms. The van der Waals surface area contributed by atoms with Crippen LogP contribution in [0.25, 0.3) is 6.08 Å². The Kier molecular flexibility index (Phi) is 4.63. The molecule has 0 saturated carbocycles. The van der Waals surface area contributed by atoms with Crippen LogP contribution in [-0.4, -0.2) is 37.0 Å². The van der Waals surface area contributed by atoms with Crippen molar-refractivity contribution in [2.75, 3.05) is 26.2 Å². The molecule has 3 saturated heterocycles. The second kappa shape index (κ2) is 6.66. The topological polar surface area (TPSA) is 32.3 Å². The smallest absolute Gasteiger partial charge is 0.246 e. The normalized spacial score (nSPS) is 27.7. The van der Waals surface area contributed by atoms with Gasteiger partial charge in [-0.2, -0.15) is 0 Å². The van der Waals surface area contributed by atoms with Gasteiger partial charge in [0.25, 0.3) is 0 Å². The van der Waals surface area contributed by atoms with E-state index in [1.165, 1.54) is 31.5 Å². The van der Waals surface area contributed by atoms with E-state index >= 15 is 0 Å². The summed E-state index contributed by atoms with van der Waals surface area (Å²) in [7, 11) is 0. The second-order valence-electron chi connectivity index (χ2n) is 6.85. The Morgan fingerprint density at radius 2 is 1.95 bits per heavy atom. The molecule has 3 aliphatic heterocycles. The first kappa shape index (κ1) is 15.3. The van der Waals surface area contributed by atoms with E-state index in [1.807, 2.05) is 13.0 Å². The van der Waals surface area contributed by atoms with Gasteiger partial charge in [0.05, 0.1) is 0 Å². The van der Waals surface area contributed by atoms with E-state index in [0.717, 1.165) is 30.1 Å². The molecule has 1 unspecified atom stereocenters. The molecule has 2 bridgehead atoms. The number of nitrogens with zero attached hydrogens (tertiary/aromatic N) is 1. The van der Waals surface area contributed by atoms with Crippen molar-refractivity contribution in [1.82, 2.24) is 10.2 Å². The number of hydrogen-bond acceptors (Lipinski definition) is 2. The van der Waals surface area contributed by atoms with E-state index in [2.05, 4.69) is 41.4 Å². The molecule has 0 aromatic heterocycles. The minimum atomic E-state index is 0.0667.